The third kappa shape index (κ3) is 3.25. The molecule has 5 nitrogen and oxygen atoms in total. The van der Waals surface area contributed by atoms with Gasteiger partial charge in [-0.05, 0) is 19.4 Å². The smallest absolute Gasteiger partial charge is 0.156 e. The van der Waals surface area contributed by atoms with Crippen molar-refractivity contribution in [3.8, 4) is 11.3 Å². The molecular formula is C19H18N4OS. The largest absolute Gasteiger partial charge is 0.362 e. The summed E-state index contributed by atoms with van der Waals surface area (Å²) in [7, 11) is 0. The van der Waals surface area contributed by atoms with E-state index in [0.717, 1.165) is 39.5 Å². The summed E-state index contributed by atoms with van der Waals surface area (Å²) in [4.78, 5) is 11.0. The predicted octanol–water partition coefficient (Wildman–Crippen LogP) is 4.83. The molecule has 126 valence electrons. The number of anilines is 1. The molecule has 0 atom stereocenters. The Morgan fingerprint density at radius 2 is 1.96 bits per heavy atom. The standard InChI is InChI=1S/C19H18N4OS/c1-3-15-9-16-18(21-11-22-19(16)25-15)20-10-14-8-17(23-24-14)13-6-4-12(2)5-7-13/h4-9,11H,3,10H2,1-2H3,(H,20,21,22). The zero-order valence-electron chi connectivity index (χ0n) is 14.1. The van der Waals surface area contributed by atoms with Crippen LogP contribution in [0, 0.1) is 6.92 Å². The number of hydrogen-bond acceptors (Lipinski definition) is 6. The van der Waals surface area contributed by atoms with Gasteiger partial charge in [-0.2, -0.15) is 0 Å². The molecule has 4 rings (SSSR count). The van der Waals surface area contributed by atoms with E-state index in [1.54, 1.807) is 17.7 Å². The highest BCUT2D eigenvalue weighted by Gasteiger charge is 2.10. The Morgan fingerprint density at radius 3 is 2.76 bits per heavy atom. The Hall–Kier alpha value is -2.73. The Balaban J connectivity index is 1.52. The maximum atomic E-state index is 5.46. The molecule has 3 heterocycles. The lowest BCUT2D eigenvalue weighted by Crippen LogP contribution is -2.00. The van der Waals surface area contributed by atoms with Gasteiger partial charge in [0.25, 0.3) is 0 Å². The normalized spacial score (nSPS) is 11.1. The van der Waals surface area contributed by atoms with E-state index in [2.05, 4.69) is 64.6 Å². The molecule has 6 heteroatoms. The molecule has 0 radical (unpaired) electrons. The highest BCUT2D eigenvalue weighted by Crippen LogP contribution is 2.29. The molecule has 0 aliphatic heterocycles. The van der Waals surface area contributed by atoms with Crippen molar-refractivity contribution in [3.63, 3.8) is 0 Å². The average molecular weight is 350 g/mol. The Kier molecular flexibility index (Phi) is 4.19. The van der Waals surface area contributed by atoms with Gasteiger partial charge in [0, 0.05) is 16.5 Å². The van der Waals surface area contributed by atoms with Crippen LogP contribution in [-0.2, 0) is 13.0 Å². The maximum Gasteiger partial charge on any atom is 0.156 e. The highest BCUT2D eigenvalue weighted by atomic mass is 32.1. The number of rotatable bonds is 5. The number of aryl methyl sites for hydroxylation is 2. The van der Waals surface area contributed by atoms with Crippen LogP contribution >= 0.6 is 11.3 Å². The van der Waals surface area contributed by atoms with Crippen molar-refractivity contribution in [2.75, 3.05) is 5.32 Å². The fraction of sp³-hybridized carbons (Fsp3) is 0.211. The monoisotopic (exact) mass is 350 g/mol. The third-order valence-corrected chi connectivity index (χ3v) is 5.25. The first-order valence-electron chi connectivity index (χ1n) is 8.23. The van der Waals surface area contributed by atoms with Crippen molar-refractivity contribution in [1.29, 1.82) is 0 Å². The molecule has 1 aromatic carbocycles. The molecule has 3 aromatic heterocycles. The molecule has 4 aromatic rings. The van der Waals surface area contributed by atoms with Gasteiger partial charge in [0.2, 0.25) is 0 Å². The number of nitrogens with one attached hydrogen (secondary N) is 1. The van der Waals surface area contributed by atoms with Crippen LogP contribution in [0.2, 0.25) is 0 Å². The SMILES string of the molecule is CCc1cc2c(NCc3cc(-c4ccc(C)cc4)no3)ncnc2s1. The van der Waals surface area contributed by atoms with Gasteiger partial charge in [-0.1, -0.05) is 41.9 Å². The first-order chi connectivity index (χ1) is 12.2. The predicted molar refractivity (Wildman–Crippen MR) is 101 cm³/mol. The van der Waals surface area contributed by atoms with Crippen LogP contribution in [0.25, 0.3) is 21.5 Å². The lowest BCUT2D eigenvalue weighted by Gasteiger charge is -2.03. The van der Waals surface area contributed by atoms with E-state index in [0.29, 0.717) is 6.54 Å². The van der Waals surface area contributed by atoms with Gasteiger partial charge in [-0.3, -0.25) is 0 Å². The van der Waals surface area contributed by atoms with Gasteiger partial charge in [0.15, 0.2) is 5.76 Å². The molecule has 0 aliphatic rings. The van der Waals surface area contributed by atoms with Gasteiger partial charge < -0.3 is 9.84 Å². The highest BCUT2D eigenvalue weighted by molar-refractivity contribution is 7.18. The number of aromatic nitrogens is 3. The van der Waals surface area contributed by atoms with Gasteiger partial charge in [0.05, 0.1) is 11.9 Å². The molecule has 1 N–H and O–H groups in total. The average Bonchev–Trinajstić information content (AvgIpc) is 3.27. The first kappa shape index (κ1) is 15.8. The zero-order valence-corrected chi connectivity index (χ0v) is 14.9. The van der Waals surface area contributed by atoms with Crippen molar-refractivity contribution in [2.24, 2.45) is 0 Å². The molecule has 0 bridgehead atoms. The molecule has 0 unspecified atom stereocenters. The second-order valence-electron chi connectivity index (χ2n) is 5.91. The minimum atomic E-state index is 0.530. The number of thiophene rings is 1. The molecule has 0 fully saturated rings. The van der Waals surface area contributed by atoms with Crippen molar-refractivity contribution in [1.82, 2.24) is 15.1 Å². The van der Waals surface area contributed by atoms with E-state index in [1.165, 1.54) is 10.4 Å². The minimum absolute atomic E-state index is 0.530. The molecule has 0 spiro atoms. The van der Waals surface area contributed by atoms with E-state index in [9.17, 15) is 0 Å². The van der Waals surface area contributed by atoms with Crippen LogP contribution in [0.15, 0.2) is 47.2 Å². The number of hydrogen-bond donors (Lipinski definition) is 1. The quantitative estimate of drug-likeness (QED) is 0.558. The van der Waals surface area contributed by atoms with Gasteiger partial charge in [-0.25, -0.2) is 9.97 Å². The van der Waals surface area contributed by atoms with Crippen LogP contribution in [0.1, 0.15) is 23.1 Å². The minimum Gasteiger partial charge on any atom is -0.362 e. The zero-order chi connectivity index (χ0) is 17.2. The second-order valence-corrected chi connectivity index (χ2v) is 7.02. The molecule has 0 saturated heterocycles. The van der Waals surface area contributed by atoms with E-state index < -0.39 is 0 Å². The molecule has 0 saturated carbocycles. The Morgan fingerprint density at radius 1 is 1.12 bits per heavy atom. The molecule has 0 aliphatic carbocycles. The van der Waals surface area contributed by atoms with Crippen molar-refractivity contribution in [3.05, 3.63) is 58.9 Å². The van der Waals surface area contributed by atoms with E-state index in [-0.39, 0.29) is 0 Å². The summed E-state index contributed by atoms with van der Waals surface area (Å²) in [5.41, 5.74) is 3.12. The lowest BCUT2D eigenvalue weighted by molar-refractivity contribution is 0.390. The molecular weight excluding hydrogens is 332 g/mol. The second kappa shape index (κ2) is 6.64. The van der Waals surface area contributed by atoms with Gasteiger partial charge in [-0.15, -0.1) is 11.3 Å². The summed E-state index contributed by atoms with van der Waals surface area (Å²) in [6, 6.07) is 12.4. The van der Waals surface area contributed by atoms with Crippen LogP contribution in [-0.4, -0.2) is 15.1 Å². The van der Waals surface area contributed by atoms with E-state index in [1.807, 2.05) is 6.07 Å². The van der Waals surface area contributed by atoms with Gasteiger partial charge >= 0.3 is 0 Å². The van der Waals surface area contributed by atoms with E-state index in [4.69, 9.17) is 4.52 Å². The molecule has 0 amide bonds. The Labute approximate surface area is 149 Å². The van der Waals surface area contributed by atoms with Crippen LogP contribution in [0.4, 0.5) is 5.82 Å². The summed E-state index contributed by atoms with van der Waals surface area (Å²) in [6.07, 6.45) is 2.60. The van der Waals surface area contributed by atoms with Crippen molar-refractivity contribution >= 4 is 27.4 Å². The lowest BCUT2D eigenvalue weighted by atomic mass is 10.1. The fourth-order valence-electron chi connectivity index (χ4n) is 2.65. The summed E-state index contributed by atoms with van der Waals surface area (Å²) in [5, 5.41) is 8.56. The number of benzene rings is 1. The van der Waals surface area contributed by atoms with Gasteiger partial charge in [0.1, 0.15) is 22.7 Å². The topological polar surface area (TPSA) is 63.8 Å². The maximum absolute atomic E-state index is 5.46. The van der Waals surface area contributed by atoms with Crippen LogP contribution < -0.4 is 5.32 Å². The summed E-state index contributed by atoms with van der Waals surface area (Å²) < 4.78 is 5.46. The molecule has 25 heavy (non-hydrogen) atoms. The Bertz CT molecular complexity index is 1000. The first-order valence-corrected chi connectivity index (χ1v) is 9.04. The fourth-order valence-corrected chi connectivity index (χ4v) is 3.58. The van der Waals surface area contributed by atoms with Crippen LogP contribution in [0.5, 0.6) is 0 Å². The van der Waals surface area contributed by atoms with E-state index >= 15 is 0 Å². The number of nitrogens with zero attached hydrogens (tertiary/aromatic N) is 3. The third-order valence-electron chi connectivity index (χ3n) is 4.07. The van der Waals surface area contributed by atoms with Crippen LogP contribution in [0.3, 0.4) is 0 Å². The summed E-state index contributed by atoms with van der Waals surface area (Å²) >= 11 is 1.71. The van der Waals surface area contributed by atoms with Crippen molar-refractivity contribution in [2.45, 2.75) is 26.8 Å². The summed E-state index contributed by atoms with van der Waals surface area (Å²) in [5.74, 6) is 1.60. The number of fused-ring (bicyclic) bond motifs is 1. The summed E-state index contributed by atoms with van der Waals surface area (Å²) in [6.45, 7) is 4.74. The van der Waals surface area contributed by atoms with Crippen molar-refractivity contribution < 1.29 is 4.52 Å².